The van der Waals surface area contributed by atoms with Crippen molar-refractivity contribution in [1.29, 1.82) is 0 Å². The fraction of sp³-hybridized carbons (Fsp3) is 1.00. The molecule has 0 aliphatic carbocycles. The third-order valence-corrected chi connectivity index (χ3v) is 3.61. The molecule has 2 heterocycles. The molecule has 2 aliphatic heterocycles. The Morgan fingerprint density at radius 3 is 2.88 bits per heavy atom. The molecule has 0 aromatic rings. The van der Waals surface area contributed by atoms with Crippen molar-refractivity contribution in [2.45, 2.75) is 44.4 Å². The maximum atomic E-state index is 9.46. The van der Waals surface area contributed by atoms with Gasteiger partial charge in [-0.15, -0.1) is 0 Å². The van der Waals surface area contributed by atoms with E-state index in [4.69, 9.17) is 4.74 Å². The Labute approximate surface area is 98.0 Å². The number of hydrogen-bond acceptors (Lipinski definition) is 4. The molecule has 0 aromatic carbocycles. The Kier molecular flexibility index (Phi) is 4.58. The summed E-state index contributed by atoms with van der Waals surface area (Å²) in [5.41, 5.74) is 0. The van der Waals surface area contributed by atoms with Crippen molar-refractivity contribution in [3.63, 3.8) is 0 Å². The van der Waals surface area contributed by atoms with Crippen LogP contribution in [0.4, 0.5) is 0 Å². The summed E-state index contributed by atoms with van der Waals surface area (Å²) in [6, 6.07) is 0.455. The van der Waals surface area contributed by atoms with Gasteiger partial charge in [-0.2, -0.15) is 0 Å². The monoisotopic (exact) mass is 228 g/mol. The van der Waals surface area contributed by atoms with Crippen molar-refractivity contribution in [2.24, 2.45) is 0 Å². The molecule has 3 atom stereocenters. The molecule has 4 nitrogen and oxygen atoms in total. The van der Waals surface area contributed by atoms with E-state index in [1.54, 1.807) is 0 Å². The van der Waals surface area contributed by atoms with Gasteiger partial charge in [0.05, 0.1) is 12.2 Å². The van der Waals surface area contributed by atoms with Crippen molar-refractivity contribution >= 4 is 0 Å². The molecule has 2 saturated heterocycles. The summed E-state index contributed by atoms with van der Waals surface area (Å²) in [6.45, 7) is 7.03. The van der Waals surface area contributed by atoms with E-state index in [1.165, 1.54) is 12.8 Å². The van der Waals surface area contributed by atoms with Gasteiger partial charge < -0.3 is 15.2 Å². The van der Waals surface area contributed by atoms with Gasteiger partial charge in [0.1, 0.15) is 0 Å². The highest BCUT2D eigenvalue weighted by Crippen LogP contribution is 2.14. The first-order valence-corrected chi connectivity index (χ1v) is 6.53. The number of rotatable bonds is 5. The van der Waals surface area contributed by atoms with Crippen LogP contribution in [0.1, 0.15) is 26.2 Å². The molecule has 3 unspecified atom stereocenters. The third kappa shape index (κ3) is 3.42. The SMILES string of the molecule is CCN(CC1CC(O)CN1)CC1CCCO1. The van der Waals surface area contributed by atoms with E-state index >= 15 is 0 Å². The van der Waals surface area contributed by atoms with Crippen LogP contribution in [-0.2, 0) is 4.74 Å². The number of likely N-dealkylation sites (N-methyl/N-ethyl adjacent to an activating group) is 1. The Morgan fingerprint density at radius 1 is 1.44 bits per heavy atom. The summed E-state index contributed by atoms with van der Waals surface area (Å²) < 4.78 is 5.66. The minimum absolute atomic E-state index is 0.147. The van der Waals surface area contributed by atoms with E-state index in [2.05, 4.69) is 17.1 Å². The molecular formula is C12H24N2O2. The fourth-order valence-corrected chi connectivity index (χ4v) is 2.66. The highest BCUT2D eigenvalue weighted by Gasteiger charge is 2.25. The Bertz CT molecular complexity index is 207. The first-order chi connectivity index (χ1) is 7.78. The number of ether oxygens (including phenoxy) is 1. The molecule has 16 heavy (non-hydrogen) atoms. The molecule has 0 spiro atoms. The van der Waals surface area contributed by atoms with E-state index in [0.29, 0.717) is 12.1 Å². The second-order valence-corrected chi connectivity index (χ2v) is 4.98. The Morgan fingerprint density at radius 2 is 2.31 bits per heavy atom. The first-order valence-electron chi connectivity index (χ1n) is 6.53. The molecule has 0 saturated carbocycles. The van der Waals surface area contributed by atoms with E-state index in [9.17, 15) is 5.11 Å². The number of hydrogen-bond donors (Lipinski definition) is 2. The summed E-state index contributed by atoms with van der Waals surface area (Å²) in [5.74, 6) is 0. The molecule has 2 aliphatic rings. The molecule has 4 heteroatoms. The molecule has 0 radical (unpaired) electrons. The number of nitrogens with zero attached hydrogens (tertiary/aromatic N) is 1. The van der Waals surface area contributed by atoms with Crippen LogP contribution in [0.15, 0.2) is 0 Å². The zero-order valence-electron chi connectivity index (χ0n) is 10.2. The van der Waals surface area contributed by atoms with E-state index in [0.717, 1.165) is 39.2 Å². The average Bonchev–Trinajstić information content (AvgIpc) is 2.89. The quantitative estimate of drug-likeness (QED) is 0.706. The van der Waals surface area contributed by atoms with Crippen LogP contribution in [0, 0.1) is 0 Å². The summed E-state index contributed by atoms with van der Waals surface area (Å²) in [6.07, 6.45) is 3.60. The van der Waals surface area contributed by atoms with Gasteiger partial charge in [0.25, 0.3) is 0 Å². The van der Waals surface area contributed by atoms with Crippen molar-refractivity contribution in [2.75, 3.05) is 32.8 Å². The van der Waals surface area contributed by atoms with Gasteiger partial charge in [-0.1, -0.05) is 6.92 Å². The Balaban J connectivity index is 1.72. The topological polar surface area (TPSA) is 44.7 Å². The third-order valence-electron chi connectivity index (χ3n) is 3.61. The van der Waals surface area contributed by atoms with Crippen molar-refractivity contribution in [1.82, 2.24) is 10.2 Å². The zero-order valence-corrected chi connectivity index (χ0v) is 10.2. The van der Waals surface area contributed by atoms with Crippen LogP contribution in [0.2, 0.25) is 0 Å². The van der Waals surface area contributed by atoms with Gasteiger partial charge in [0.2, 0.25) is 0 Å². The molecule has 0 aromatic heterocycles. The van der Waals surface area contributed by atoms with Gasteiger partial charge in [-0.3, -0.25) is 4.90 Å². The van der Waals surface area contributed by atoms with Gasteiger partial charge in [0, 0.05) is 32.3 Å². The fourth-order valence-electron chi connectivity index (χ4n) is 2.66. The van der Waals surface area contributed by atoms with Gasteiger partial charge in [-0.05, 0) is 25.8 Å². The lowest BCUT2D eigenvalue weighted by Gasteiger charge is -2.26. The standard InChI is InChI=1S/C12H24N2O2/c1-2-14(9-12-4-3-5-16-12)8-10-6-11(15)7-13-10/h10-13,15H,2-9H2,1H3. The van der Waals surface area contributed by atoms with Crippen molar-refractivity contribution in [3.8, 4) is 0 Å². The number of nitrogens with one attached hydrogen (secondary N) is 1. The van der Waals surface area contributed by atoms with Crippen molar-refractivity contribution < 1.29 is 9.84 Å². The average molecular weight is 228 g/mol. The minimum Gasteiger partial charge on any atom is -0.392 e. The predicted octanol–water partition coefficient (Wildman–Crippen LogP) is 0.210. The summed E-state index contributed by atoms with van der Waals surface area (Å²) >= 11 is 0. The molecule has 0 bridgehead atoms. The van der Waals surface area contributed by atoms with E-state index in [-0.39, 0.29) is 6.10 Å². The second-order valence-electron chi connectivity index (χ2n) is 4.98. The van der Waals surface area contributed by atoms with Gasteiger partial charge in [-0.25, -0.2) is 0 Å². The van der Waals surface area contributed by atoms with Crippen LogP contribution in [0.25, 0.3) is 0 Å². The molecule has 2 fully saturated rings. The lowest BCUT2D eigenvalue weighted by atomic mass is 10.1. The van der Waals surface area contributed by atoms with Crippen LogP contribution in [0.3, 0.4) is 0 Å². The summed E-state index contributed by atoms with van der Waals surface area (Å²) in [7, 11) is 0. The largest absolute Gasteiger partial charge is 0.392 e. The van der Waals surface area contributed by atoms with Crippen LogP contribution >= 0.6 is 0 Å². The van der Waals surface area contributed by atoms with Crippen LogP contribution in [0.5, 0.6) is 0 Å². The van der Waals surface area contributed by atoms with Crippen LogP contribution < -0.4 is 5.32 Å². The first kappa shape index (κ1) is 12.3. The summed E-state index contributed by atoms with van der Waals surface area (Å²) in [4.78, 5) is 2.44. The lowest BCUT2D eigenvalue weighted by Crippen LogP contribution is -2.41. The highest BCUT2D eigenvalue weighted by atomic mass is 16.5. The van der Waals surface area contributed by atoms with E-state index < -0.39 is 0 Å². The normalized spacial score (nSPS) is 35.1. The lowest BCUT2D eigenvalue weighted by molar-refractivity contribution is 0.0717. The summed E-state index contributed by atoms with van der Waals surface area (Å²) in [5, 5.41) is 12.8. The zero-order chi connectivity index (χ0) is 11.4. The van der Waals surface area contributed by atoms with Crippen molar-refractivity contribution in [3.05, 3.63) is 0 Å². The van der Waals surface area contributed by atoms with E-state index in [1.807, 2.05) is 0 Å². The molecule has 2 N–H and O–H groups in total. The van der Waals surface area contributed by atoms with Gasteiger partial charge in [0.15, 0.2) is 0 Å². The molecule has 2 rings (SSSR count). The van der Waals surface area contributed by atoms with Crippen LogP contribution in [-0.4, -0.2) is 61.0 Å². The maximum Gasteiger partial charge on any atom is 0.0702 e. The molecule has 0 amide bonds. The molecular weight excluding hydrogens is 204 g/mol. The predicted molar refractivity (Wildman–Crippen MR) is 63.5 cm³/mol. The number of β-amino-alcohol motifs (C(OH)–C–C–N with tert-alkyl or cyclic N) is 1. The molecule has 94 valence electrons. The number of aliphatic hydroxyl groups excluding tert-OH is 1. The second kappa shape index (κ2) is 5.96. The smallest absolute Gasteiger partial charge is 0.0702 e. The highest BCUT2D eigenvalue weighted by molar-refractivity contribution is 4.84. The Hall–Kier alpha value is -0.160. The maximum absolute atomic E-state index is 9.46. The number of aliphatic hydroxyl groups is 1. The minimum atomic E-state index is -0.147. The van der Waals surface area contributed by atoms with Gasteiger partial charge >= 0.3 is 0 Å².